The summed E-state index contributed by atoms with van der Waals surface area (Å²) in [4.78, 5) is 23.8. The zero-order valence-electron chi connectivity index (χ0n) is 13.4. The molecule has 4 nitrogen and oxygen atoms in total. The normalized spacial score (nSPS) is 23.9. The summed E-state index contributed by atoms with van der Waals surface area (Å²) in [7, 11) is 1.32. The number of ether oxygens (including phenoxy) is 1. The highest BCUT2D eigenvalue weighted by Crippen LogP contribution is 2.39. The number of methoxy groups -OCH3 is 1. The van der Waals surface area contributed by atoms with E-state index in [1.807, 2.05) is 13.8 Å². The fourth-order valence-electron chi connectivity index (χ4n) is 3.39. The van der Waals surface area contributed by atoms with Gasteiger partial charge in [-0.1, -0.05) is 34.1 Å². The minimum absolute atomic E-state index is 0.0838. The van der Waals surface area contributed by atoms with E-state index in [9.17, 15) is 9.59 Å². The topological polar surface area (TPSA) is 55.4 Å². The molecule has 0 spiro atoms. The van der Waals surface area contributed by atoms with Crippen LogP contribution in [0.2, 0.25) is 0 Å². The van der Waals surface area contributed by atoms with Crippen molar-refractivity contribution in [2.24, 2.45) is 23.7 Å². The quantitative estimate of drug-likeness (QED) is 0.813. The SMILES string of the molecule is COC(=O)N[C@H](C(=O)C[C@@H]1CCCC1C(C)C)C(C)C. The van der Waals surface area contributed by atoms with Gasteiger partial charge in [0.15, 0.2) is 5.78 Å². The lowest BCUT2D eigenvalue weighted by Crippen LogP contribution is -2.45. The lowest BCUT2D eigenvalue weighted by atomic mass is 9.81. The molecule has 0 heterocycles. The molecule has 3 atom stereocenters. The van der Waals surface area contributed by atoms with Crippen molar-refractivity contribution in [3.05, 3.63) is 0 Å². The highest BCUT2D eigenvalue weighted by molar-refractivity contribution is 5.87. The van der Waals surface area contributed by atoms with Gasteiger partial charge in [-0.2, -0.15) is 0 Å². The molecule has 4 heteroatoms. The van der Waals surface area contributed by atoms with Crippen LogP contribution in [0.4, 0.5) is 4.79 Å². The maximum absolute atomic E-state index is 12.5. The number of hydrogen-bond donors (Lipinski definition) is 1. The molecule has 0 saturated heterocycles. The number of Topliss-reactive ketones (excluding diaryl/α,β-unsaturated/α-hetero) is 1. The zero-order valence-corrected chi connectivity index (χ0v) is 13.4. The van der Waals surface area contributed by atoms with Crippen molar-refractivity contribution in [1.29, 1.82) is 0 Å². The summed E-state index contributed by atoms with van der Waals surface area (Å²) in [5.74, 6) is 1.97. The lowest BCUT2D eigenvalue weighted by molar-refractivity contribution is -0.123. The predicted molar refractivity (Wildman–Crippen MR) is 79.5 cm³/mol. The van der Waals surface area contributed by atoms with Gasteiger partial charge in [0.25, 0.3) is 0 Å². The summed E-state index contributed by atoms with van der Waals surface area (Å²) in [6, 6.07) is -0.434. The van der Waals surface area contributed by atoms with Crippen molar-refractivity contribution in [3.63, 3.8) is 0 Å². The Hall–Kier alpha value is -1.06. The van der Waals surface area contributed by atoms with Gasteiger partial charge in [0.1, 0.15) is 0 Å². The van der Waals surface area contributed by atoms with Crippen LogP contribution in [-0.2, 0) is 9.53 Å². The molecule has 1 aliphatic carbocycles. The van der Waals surface area contributed by atoms with Crippen LogP contribution in [0.25, 0.3) is 0 Å². The number of carbonyl (C=O) groups excluding carboxylic acids is 2. The van der Waals surface area contributed by atoms with Crippen molar-refractivity contribution in [2.75, 3.05) is 7.11 Å². The Bertz CT molecular complexity index is 339. The number of hydrogen-bond acceptors (Lipinski definition) is 3. The molecule has 1 N–H and O–H groups in total. The maximum atomic E-state index is 12.5. The number of rotatable bonds is 6. The van der Waals surface area contributed by atoms with E-state index in [0.29, 0.717) is 24.2 Å². The monoisotopic (exact) mass is 283 g/mol. The summed E-state index contributed by atoms with van der Waals surface area (Å²) in [5, 5.41) is 2.67. The second kappa shape index (κ2) is 7.65. The first-order chi connectivity index (χ1) is 9.36. The number of alkyl carbamates (subject to hydrolysis) is 1. The molecule has 1 rings (SSSR count). The minimum atomic E-state index is -0.524. The van der Waals surface area contributed by atoms with Gasteiger partial charge < -0.3 is 10.1 Å². The Labute approximate surface area is 122 Å². The maximum Gasteiger partial charge on any atom is 0.407 e. The summed E-state index contributed by atoms with van der Waals surface area (Å²) < 4.78 is 4.61. The van der Waals surface area contributed by atoms with Crippen molar-refractivity contribution in [2.45, 2.75) is 59.4 Å². The molecule has 1 saturated carbocycles. The van der Waals surface area contributed by atoms with Crippen LogP contribution < -0.4 is 5.32 Å². The van der Waals surface area contributed by atoms with Gasteiger partial charge in [-0.15, -0.1) is 0 Å². The van der Waals surface area contributed by atoms with E-state index in [1.165, 1.54) is 20.0 Å². The third kappa shape index (κ3) is 4.50. The second-order valence-corrected chi connectivity index (χ2v) is 6.63. The Morgan fingerprint density at radius 1 is 1.20 bits per heavy atom. The molecule has 1 fully saturated rings. The molecule has 1 unspecified atom stereocenters. The average molecular weight is 283 g/mol. The minimum Gasteiger partial charge on any atom is -0.453 e. The van der Waals surface area contributed by atoms with Crippen molar-refractivity contribution in [1.82, 2.24) is 5.32 Å². The van der Waals surface area contributed by atoms with Gasteiger partial charge >= 0.3 is 6.09 Å². The van der Waals surface area contributed by atoms with E-state index in [2.05, 4.69) is 23.9 Å². The molecule has 116 valence electrons. The first kappa shape index (κ1) is 17.0. The molecule has 0 bridgehead atoms. The Balaban J connectivity index is 2.64. The van der Waals surface area contributed by atoms with Crippen LogP contribution in [0.3, 0.4) is 0 Å². The average Bonchev–Trinajstić information content (AvgIpc) is 2.83. The Morgan fingerprint density at radius 2 is 1.85 bits per heavy atom. The number of nitrogens with one attached hydrogen (secondary N) is 1. The molecule has 0 aromatic rings. The van der Waals surface area contributed by atoms with Crippen molar-refractivity contribution >= 4 is 11.9 Å². The van der Waals surface area contributed by atoms with Crippen LogP contribution in [0.1, 0.15) is 53.4 Å². The van der Waals surface area contributed by atoms with E-state index in [0.717, 1.165) is 6.42 Å². The summed E-state index contributed by atoms with van der Waals surface area (Å²) in [6.07, 6.45) is 3.64. The molecule has 0 aromatic carbocycles. The van der Waals surface area contributed by atoms with Gasteiger partial charge in [0.05, 0.1) is 13.2 Å². The first-order valence-corrected chi connectivity index (χ1v) is 7.74. The largest absolute Gasteiger partial charge is 0.453 e. The molecule has 0 aliphatic heterocycles. The highest BCUT2D eigenvalue weighted by atomic mass is 16.5. The lowest BCUT2D eigenvalue weighted by Gasteiger charge is -2.26. The third-order valence-electron chi connectivity index (χ3n) is 4.51. The van der Waals surface area contributed by atoms with Crippen molar-refractivity contribution < 1.29 is 14.3 Å². The predicted octanol–water partition coefficient (Wildman–Crippen LogP) is 3.40. The highest BCUT2D eigenvalue weighted by Gasteiger charge is 2.34. The van der Waals surface area contributed by atoms with Crippen LogP contribution in [0.5, 0.6) is 0 Å². The standard InChI is InChI=1S/C16H29NO3/c1-10(2)13-8-6-7-12(13)9-14(18)15(11(3)4)17-16(19)20-5/h10-13,15H,6-9H2,1-5H3,(H,17,19)/t12-,13?,15-/m0/s1. The number of carbonyl (C=O) groups is 2. The van der Waals surface area contributed by atoms with Gasteiger partial charge in [0.2, 0.25) is 0 Å². The summed E-state index contributed by atoms with van der Waals surface area (Å²) in [5.41, 5.74) is 0. The molecule has 20 heavy (non-hydrogen) atoms. The van der Waals surface area contributed by atoms with E-state index in [4.69, 9.17) is 0 Å². The van der Waals surface area contributed by atoms with Crippen LogP contribution in [0, 0.1) is 23.7 Å². The fourth-order valence-corrected chi connectivity index (χ4v) is 3.39. The zero-order chi connectivity index (χ0) is 15.3. The Kier molecular flexibility index (Phi) is 6.50. The van der Waals surface area contributed by atoms with Gasteiger partial charge in [-0.05, 0) is 36.5 Å². The van der Waals surface area contributed by atoms with Crippen LogP contribution >= 0.6 is 0 Å². The van der Waals surface area contributed by atoms with E-state index in [-0.39, 0.29) is 11.7 Å². The molecule has 0 radical (unpaired) electrons. The number of ketones is 1. The van der Waals surface area contributed by atoms with E-state index < -0.39 is 12.1 Å². The second-order valence-electron chi connectivity index (χ2n) is 6.63. The van der Waals surface area contributed by atoms with E-state index >= 15 is 0 Å². The molecule has 1 amide bonds. The summed E-state index contributed by atoms with van der Waals surface area (Å²) in [6.45, 7) is 8.38. The third-order valence-corrected chi connectivity index (χ3v) is 4.51. The fraction of sp³-hybridized carbons (Fsp3) is 0.875. The number of amides is 1. The summed E-state index contributed by atoms with van der Waals surface area (Å²) >= 11 is 0. The van der Waals surface area contributed by atoms with Crippen molar-refractivity contribution in [3.8, 4) is 0 Å². The van der Waals surface area contributed by atoms with Gasteiger partial charge in [0, 0.05) is 6.42 Å². The molecule has 1 aliphatic rings. The smallest absolute Gasteiger partial charge is 0.407 e. The molecule has 0 aromatic heterocycles. The van der Waals surface area contributed by atoms with Crippen LogP contribution in [0.15, 0.2) is 0 Å². The molecular weight excluding hydrogens is 254 g/mol. The van der Waals surface area contributed by atoms with Gasteiger partial charge in [-0.3, -0.25) is 4.79 Å². The van der Waals surface area contributed by atoms with Gasteiger partial charge in [-0.25, -0.2) is 4.79 Å². The van der Waals surface area contributed by atoms with E-state index in [1.54, 1.807) is 0 Å². The van der Waals surface area contributed by atoms with Crippen LogP contribution in [-0.4, -0.2) is 25.0 Å². The first-order valence-electron chi connectivity index (χ1n) is 7.74. The molecular formula is C16H29NO3. The Morgan fingerprint density at radius 3 is 2.35 bits per heavy atom.